The quantitative estimate of drug-likeness (QED) is 0.0548. The maximum Gasteiger partial charge on any atom is 0.320 e. The third-order valence-corrected chi connectivity index (χ3v) is 20.0. The number of likely N-dealkylation sites (N-methyl/N-ethyl adjacent to an activating group) is 1. The number of halogens is 3. The summed E-state index contributed by atoms with van der Waals surface area (Å²) in [5.41, 5.74) is -3.42. The molecular formula is C57H84Cl2IN3O16S. The van der Waals surface area contributed by atoms with Gasteiger partial charge < -0.3 is 67.8 Å². The van der Waals surface area contributed by atoms with Crippen LogP contribution in [-0.4, -0.2) is 172 Å². The molecule has 3 N–H and O–H groups in total. The van der Waals surface area contributed by atoms with E-state index in [0.29, 0.717) is 36.0 Å². The van der Waals surface area contributed by atoms with E-state index in [-0.39, 0.29) is 58.7 Å². The number of hydrogen-bond acceptors (Lipinski definition) is 19. The predicted molar refractivity (Wildman–Crippen MR) is 311 cm³/mol. The first-order valence-corrected chi connectivity index (χ1v) is 30.5. The number of methoxy groups -OCH3 is 3. The summed E-state index contributed by atoms with van der Waals surface area (Å²) < 4.78 is 62.5. The van der Waals surface area contributed by atoms with Gasteiger partial charge in [0.25, 0.3) is 5.91 Å². The summed E-state index contributed by atoms with van der Waals surface area (Å²) in [6.45, 7) is 21.2. The van der Waals surface area contributed by atoms with Crippen LogP contribution >= 0.6 is 57.6 Å². The van der Waals surface area contributed by atoms with E-state index in [9.17, 15) is 24.6 Å². The van der Waals surface area contributed by atoms with Crippen molar-refractivity contribution >= 4 is 86.9 Å². The minimum absolute atomic E-state index is 0.0952. The largest absolute Gasteiger partial charge is 0.493 e. The van der Waals surface area contributed by atoms with E-state index in [1.165, 1.54) is 51.6 Å². The number of alkyl halides is 1. The molecule has 0 saturated carbocycles. The smallest absolute Gasteiger partial charge is 0.320 e. The zero-order valence-corrected chi connectivity index (χ0v) is 53.2. The number of cyclic esters (lactones) is 1. The lowest BCUT2D eigenvalue weighted by molar-refractivity contribution is -0.319. The molecule has 19 atom stereocenters. The fourth-order valence-corrected chi connectivity index (χ4v) is 14.7. The van der Waals surface area contributed by atoms with Crippen molar-refractivity contribution in [2.45, 2.75) is 183 Å². The molecule has 0 spiro atoms. The highest BCUT2D eigenvalue weighted by atomic mass is 127. The lowest BCUT2D eigenvalue weighted by atomic mass is 9.72. The van der Waals surface area contributed by atoms with E-state index >= 15 is 4.79 Å². The molecule has 4 saturated heterocycles. The number of fused-ring (bicyclic) bond motifs is 1. The molecule has 19 nitrogen and oxygen atoms in total. The Kier molecular flexibility index (Phi) is 23.3. The minimum atomic E-state index is -1.49. The Labute approximate surface area is 499 Å². The van der Waals surface area contributed by atoms with E-state index in [4.69, 9.17) is 70.6 Å². The number of ketones is 1. The molecule has 0 aliphatic carbocycles. The van der Waals surface area contributed by atoms with E-state index in [0.717, 1.165) is 6.54 Å². The van der Waals surface area contributed by atoms with Gasteiger partial charge in [-0.2, -0.15) is 0 Å². The summed E-state index contributed by atoms with van der Waals surface area (Å²) in [6, 6.07) is 4.39. The number of Topliss-reactive ketones (excluding diaryl/α,β-unsaturated/α-hetero) is 1. The molecule has 23 heteroatoms. The molecule has 5 heterocycles. The Hall–Kier alpha value is -2.65. The van der Waals surface area contributed by atoms with Crippen LogP contribution in [0.1, 0.15) is 112 Å². The number of aliphatic hydroxyl groups excluding tert-OH is 2. The van der Waals surface area contributed by atoms with Gasteiger partial charge in [-0.25, -0.2) is 0 Å². The Bertz CT molecular complexity index is 2450. The normalized spacial score (nSPS) is 37.4. The highest BCUT2D eigenvalue weighted by Gasteiger charge is 2.62. The topological polar surface area (TPSA) is 229 Å². The number of carbonyl (C=O) groups excluding carboxylic acids is 4. The molecule has 1 unspecified atom stereocenters. The van der Waals surface area contributed by atoms with Crippen molar-refractivity contribution < 1.29 is 76.8 Å². The third-order valence-electron chi connectivity index (χ3n) is 16.6. The average molecular weight is 1300 g/mol. The van der Waals surface area contributed by atoms with E-state index in [2.05, 4.69) is 29.0 Å². The first-order valence-electron chi connectivity index (χ1n) is 27.5. The summed E-state index contributed by atoms with van der Waals surface area (Å²) in [5, 5.41) is 25.5. The van der Waals surface area contributed by atoms with Crippen molar-refractivity contribution in [1.82, 2.24) is 9.88 Å². The molecule has 1 aromatic heterocycles. The van der Waals surface area contributed by atoms with Crippen LogP contribution in [0.2, 0.25) is 10.0 Å². The summed E-state index contributed by atoms with van der Waals surface area (Å²) in [7, 11) is 6.50. The second kappa shape index (κ2) is 28.0. The number of carbonyl (C=O) groups is 4. The number of anilines is 1. The van der Waals surface area contributed by atoms with Gasteiger partial charge in [0, 0.05) is 74.9 Å². The Morgan fingerprint density at radius 3 is 2.21 bits per heavy atom. The molecule has 6 rings (SSSR count). The fourth-order valence-electron chi connectivity index (χ4n) is 12.0. The van der Waals surface area contributed by atoms with Crippen LogP contribution < -0.4 is 14.8 Å². The number of aromatic nitrogens is 1. The number of nitrogens with one attached hydrogen (secondary N) is 1. The number of ether oxygens (including phenoxy) is 10. The second-order valence-corrected chi connectivity index (χ2v) is 26.4. The number of thioether (sulfide) groups is 1. The molecule has 1 amide bonds. The van der Waals surface area contributed by atoms with Crippen LogP contribution in [0.4, 0.5) is 5.69 Å². The molecule has 2 aromatic rings. The Morgan fingerprint density at radius 1 is 0.925 bits per heavy atom. The van der Waals surface area contributed by atoms with Gasteiger partial charge in [0.1, 0.15) is 23.2 Å². The highest BCUT2D eigenvalue weighted by molar-refractivity contribution is 14.1. The maximum atomic E-state index is 15.2. The molecule has 0 bridgehead atoms. The number of esters is 2. The van der Waals surface area contributed by atoms with Crippen LogP contribution in [0.3, 0.4) is 0 Å². The number of nitrogens with zero attached hydrogens (tertiary/aromatic N) is 2. The lowest BCUT2D eigenvalue weighted by Crippen LogP contribution is -2.61. The van der Waals surface area contributed by atoms with Crippen LogP contribution in [0.25, 0.3) is 0 Å². The van der Waals surface area contributed by atoms with Crippen LogP contribution in [-0.2, 0) is 52.3 Å². The molecule has 4 fully saturated rings. The van der Waals surface area contributed by atoms with Crippen molar-refractivity contribution in [3.63, 3.8) is 0 Å². The number of hydrogen-bond donors (Lipinski definition) is 3. The molecule has 4 aliphatic heterocycles. The molecule has 0 radical (unpaired) electrons. The molecular weight excluding hydrogens is 1210 g/mol. The number of amides is 1. The lowest BCUT2D eigenvalue weighted by Gasteiger charge is -2.50. The monoisotopic (exact) mass is 1300 g/mol. The van der Waals surface area contributed by atoms with E-state index in [1.54, 1.807) is 46.8 Å². The van der Waals surface area contributed by atoms with Crippen LogP contribution in [0, 0.1) is 35.5 Å². The van der Waals surface area contributed by atoms with Gasteiger partial charge in [-0.3, -0.25) is 24.2 Å². The Morgan fingerprint density at radius 2 is 1.59 bits per heavy atom. The van der Waals surface area contributed by atoms with Crippen molar-refractivity contribution in [2.75, 3.05) is 52.6 Å². The van der Waals surface area contributed by atoms with Gasteiger partial charge in [-0.15, -0.1) is 11.8 Å². The number of rotatable bonds is 18. The first-order chi connectivity index (χ1) is 37.5. The SMILES string of the molecule is COc1ccc(C(=O)Nc2c(Cl)cncc2Cl)cc1OCCCSC1C(=O)O[C@@]2(C)[C@H]1[C@@H](C)C(=O)[C@H](C)C[C@@](C)(OC)[C@H](O[C@@H]1O[C@H](C)C[C@H](N(C)CC(C)C)[C@H]1O)[C@@H](C)[C@H](O[C@H]1C[C@@](C)(OC)[C@@H](O)[C@H](C)O1)[C@@H](C)C(=O)O[C@@H]2I. The zero-order chi connectivity index (χ0) is 59.3. The van der Waals surface area contributed by atoms with Gasteiger partial charge >= 0.3 is 11.9 Å². The Balaban J connectivity index is 1.30. The molecule has 80 heavy (non-hydrogen) atoms. The van der Waals surface area contributed by atoms with Gasteiger partial charge in [0.2, 0.25) is 0 Å². The van der Waals surface area contributed by atoms with Crippen molar-refractivity contribution in [3.8, 4) is 11.5 Å². The highest BCUT2D eigenvalue weighted by Crippen LogP contribution is 2.50. The second-order valence-electron chi connectivity index (χ2n) is 23.2. The summed E-state index contributed by atoms with van der Waals surface area (Å²) in [5.74, 6) is -4.67. The zero-order valence-electron chi connectivity index (χ0n) is 48.7. The number of aliphatic hydroxyl groups is 2. The van der Waals surface area contributed by atoms with Gasteiger partial charge in [-0.1, -0.05) is 57.8 Å². The van der Waals surface area contributed by atoms with Crippen molar-refractivity contribution in [2.24, 2.45) is 35.5 Å². The summed E-state index contributed by atoms with van der Waals surface area (Å²) in [4.78, 5) is 63.9. The van der Waals surface area contributed by atoms with Crippen molar-refractivity contribution in [3.05, 3.63) is 46.2 Å². The van der Waals surface area contributed by atoms with Gasteiger partial charge in [0.05, 0.1) is 71.0 Å². The van der Waals surface area contributed by atoms with E-state index < -0.39 is 117 Å². The number of benzene rings is 1. The minimum Gasteiger partial charge on any atom is -0.493 e. The van der Waals surface area contributed by atoms with Gasteiger partial charge in [-0.05, 0) is 120 Å². The molecule has 450 valence electrons. The average Bonchev–Trinajstić information content (AvgIpc) is 3.82. The summed E-state index contributed by atoms with van der Waals surface area (Å²) >= 11 is 15.8. The third kappa shape index (κ3) is 14.9. The van der Waals surface area contributed by atoms with Crippen molar-refractivity contribution in [1.29, 1.82) is 0 Å². The predicted octanol–water partition coefficient (Wildman–Crippen LogP) is 8.80. The molecule has 4 aliphatic rings. The van der Waals surface area contributed by atoms with Crippen LogP contribution in [0.5, 0.6) is 11.5 Å². The fraction of sp³-hybridized carbons (Fsp3) is 0.737. The number of pyridine rings is 1. The van der Waals surface area contributed by atoms with E-state index in [1.807, 2.05) is 57.3 Å². The van der Waals surface area contributed by atoms with Gasteiger partial charge in [0.15, 0.2) is 33.8 Å². The molecule has 1 aromatic carbocycles. The first kappa shape index (κ1) is 66.5. The summed E-state index contributed by atoms with van der Waals surface area (Å²) in [6.07, 6.45) is -3.46. The van der Waals surface area contributed by atoms with Crippen LogP contribution in [0.15, 0.2) is 30.6 Å². The maximum absolute atomic E-state index is 15.2. The standard InChI is InChI=1S/C57H84Cl2IN3O16S/c1-28(2)27-63(12)38-21-30(4)74-53(45(38)65)77-49-32(6)46(76-41-24-55(9,71-14)48(66)34(8)75-41)33(7)51(68)78-54(60)57(11)42(31(5)44(64)29(3)23-56(49,10)72-15)47(52(69)79-57)80-20-16-19-73-40-22-35(17-18-39(40)70-13)50(67)62-43-36(58)25-61-26-37(43)59/h17-18,22,25-26,28-34,38,41-42,45-49,53-54,65-66H,16,19-21,23-24,27H2,1-15H3,(H,61,62,67)/t29-,30-,31-,32+,33-,34+,38+,41+,42+,45-,46+,47?,48+,49-,53+,54+,55-,56-,57+/m1/s1.